The van der Waals surface area contributed by atoms with Gasteiger partial charge in [-0.1, -0.05) is 11.6 Å². The quantitative estimate of drug-likeness (QED) is 0.435. The van der Waals surface area contributed by atoms with Crippen LogP contribution in [0.25, 0.3) is 0 Å². The highest BCUT2D eigenvalue weighted by atomic mass is 79.9. The first-order valence-corrected chi connectivity index (χ1v) is 8.77. The molecule has 0 spiro atoms. The summed E-state index contributed by atoms with van der Waals surface area (Å²) in [7, 11) is 0. The monoisotopic (exact) mass is 450 g/mol. The molecule has 138 valence electrons. The Labute approximate surface area is 167 Å². The number of hydrogen-bond donors (Lipinski definition) is 1. The number of aromatic nitrogens is 2. The fourth-order valence-corrected chi connectivity index (χ4v) is 2.68. The van der Waals surface area contributed by atoms with Gasteiger partial charge in [0.1, 0.15) is 18.0 Å². The third-order valence-corrected chi connectivity index (χ3v) is 4.00. The lowest BCUT2D eigenvalue weighted by Gasteiger charge is -2.10. The van der Waals surface area contributed by atoms with Crippen molar-refractivity contribution in [1.29, 1.82) is 0 Å². The second-order valence-corrected chi connectivity index (χ2v) is 6.79. The molecule has 1 heterocycles. The predicted octanol–water partition coefficient (Wildman–Crippen LogP) is 4.64. The molecule has 0 saturated heterocycles. The molecule has 0 aliphatic heterocycles. The van der Waals surface area contributed by atoms with Crippen LogP contribution < -0.4 is 10.1 Å². The predicted molar refractivity (Wildman–Crippen MR) is 103 cm³/mol. The van der Waals surface area contributed by atoms with Crippen LogP contribution in [-0.2, 0) is 11.3 Å². The van der Waals surface area contributed by atoms with Gasteiger partial charge in [-0.25, -0.2) is 0 Å². The summed E-state index contributed by atoms with van der Waals surface area (Å²) < 4.78 is 7.80. The number of hydrogen-bond acceptors (Lipinski definition) is 5. The van der Waals surface area contributed by atoms with Crippen molar-refractivity contribution in [2.24, 2.45) is 0 Å². The fourth-order valence-electron chi connectivity index (χ4n) is 2.23. The molecule has 8 nitrogen and oxygen atoms in total. The lowest BCUT2D eigenvalue weighted by atomic mass is 10.2. The number of halogens is 2. The molecule has 3 aromatic rings. The summed E-state index contributed by atoms with van der Waals surface area (Å²) in [5.74, 6) is 0.283. The SMILES string of the molecule is O=C(Cn1cc(Br)cn1)Nc1cc(Oc2ccc(Cl)cc2)cc([N+](=O)[O-])c1. The largest absolute Gasteiger partial charge is 0.457 e. The smallest absolute Gasteiger partial charge is 0.275 e. The van der Waals surface area contributed by atoms with Gasteiger partial charge >= 0.3 is 0 Å². The highest BCUT2D eigenvalue weighted by molar-refractivity contribution is 9.10. The molecule has 3 rings (SSSR count). The van der Waals surface area contributed by atoms with Crippen LogP contribution >= 0.6 is 27.5 Å². The van der Waals surface area contributed by atoms with Crippen molar-refractivity contribution in [2.45, 2.75) is 6.54 Å². The van der Waals surface area contributed by atoms with Gasteiger partial charge in [-0.15, -0.1) is 0 Å². The molecule has 27 heavy (non-hydrogen) atoms. The molecule has 1 amide bonds. The summed E-state index contributed by atoms with van der Waals surface area (Å²) in [6.45, 7) is -0.0400. The highest BCUT2D eigenvalue weighted by Crippen LogP contribution is 2.30. The van der Waals surface area contributed by atoms with E-state index in [0.29, 0.717) is 10.8 Å². The van der Waals surface area contributed by atoms with Gasteiger partial charge in [0.15, 0.2) is 0 Å². The van der Waals surface area contributed by atoms with Gasteiger partial charge in [0.25, 0.3) is 5.69 Å². The van der Waals surface area contributed by atoms with Crippen molar-refractivity contribution in [3.05, 3.63) is 74.5 Å². The van der Waals surface area contributed by atoms with Crippen LogP contribution in [0.3, 0.4) is 0 Å². The topological polar surface area (TPSA) is 99.3 Å². The number of non-ortho nitro benzene ring substituents is 1. The first-order valence-electron chi connectivity index (χ1n) is 7.60. The average Bonchev–Trinajstić information content (AvgIpc) is 3.01. The molecule has 0 unspecified atom stereocenters. The minimum atomic E-state index is -0.561. The lowest BCUT2D eigenvalue weighted by Crippen LogP contribution is -2.19. The summed E-state index contributed by atoms with van der Waals surface area (Å²) in [6.07, 6.45) is 3.20. The van der Waals surface area contributed by atoms with Crippen molar-refractivity contribution in [2.75, 3.05) is 5.32 Å². The minimum Gasteiger partial charge on any atom is -0.457 e. The highest BCUT2D eigenvalue weighted by Gasteiger charge is 2.14. The third-order valence-electron chi connectivity index (χ3n) is 3.34. The lowest BCUT2D eigenvalue weighted by molar-refractivity contribution is -0.384. The van der Waals surface area contributed by atoms with E-state index in [4.69, 9.17) is 16.3 Å². The third kappa shape index (κ3) is 5.28. The number of nitrogens with one attached hydrogen (secondary N) is 1. The first-order chi connectivity index (χ1) is 12.9. The molecule has 0 saturated carbocycles. The van der Waals surface area contributed by atoms with Crippen LogP contribution in [0.4, 0.5) is 11.4 Å². The molecule has 10 heteroatoms. The van der Waals surface area contributed by atoms with E-state index < -0.39 is 4.92 Å². The molecular formula is C17H12BrClN4O4. The van der Waals surface area contributed by atoms with Gasteiger partial charge in [-0.2, -0.15) is 5.10 Å². The Bertz CT molecular complexity index is 991. The van der Waals surface area contributed by atoms with Crippen LogP contribution in [0.2, 0.25) is 5.02 Å². The van der Waals surface area contributed by atoms with Crippen molar-refractivity contribution in [3.8, 4) is 11.5 Å². The zero-order valence-corrected chi connectivity index (χ0v) is 16.0. The number of anilines is 1. The maximum absolute atomic E-state index is 12.2. The van der Waals surface area contributed by atoms with E-state index in [-0.39, 0.29) is 29.6 Å². The maximum atomic E-state index is 12.2. The number of benzene rings is 2. The van der Waals surface area contributed by atoms with Crippen LogP contribution in [0, 0.1) is 10.1 Å². The first kappa shape index (κ1) is 18.9. The Balaban J connectivity index is 1.79. The van der Waals surface area contributed by atoms with E-state index in [2.05, 4.69) is 26.3 Å². The number of carbonyl (C=O) groups is 1. The number of ether oxygens (including phenoxy) is 1. The van der Waals surface area contributed by atoms with Crippen LogP contribution in [0.5, 0.6) is 11.5 Å². The van der Waals surface area contributed by atoms with E-state index in [1.54, 1.807) is 36.7 Å². The number of nitrogens with zero attached hydrogens (tertiary/aromatic N) is 3. The maximum Gasteiger partial charge on any atom is 0.275 e. The molecule has 0 radical (unpaired) electrons. The fraction of sp³-hybridized carbons (Fsp3) is 0.0588. The van der Waals surface area contributed by atoms with Gasteiger partial charge in [0.05, 0.1) is 27.3 Å². The minimum absolute atomic E-state index is 0.0400. The zero-order valence-electron chi connectivity index (χ0n) is 13.6. The second-order valence-electron chi connectivity index (χ2n) is 5.43. The molecule has 0 fully saturated rings. The molecule has 0 aliphatic rings. The van der Waals surface area contributed by atoms with Crippen LogP contribution in [0.1, 0.15) is 0 Å². The molecule has 0 bridgehead atoms. The molecule has 1 N–H and O–H groups in total. The Morgan fingerprint density at radius 2 is 2.00 bits per heavy atom. The van der Waals surface area contributed by atoms with Gasteiger partial charge in [-0.05, 0) is 40.2 Å². The normalized spacial score (nSPS) is 10.4. The van der Waals surface area contributed by atoms with Gasteiger partial charge < -0.3 is 10.1 Å². The average molecular weight is 452 g/mol. The van der Waals surface area contributed by atoms with E-state index in [9.17, 15) is 14.9 Å². The van der Waals surface area contributed by atoms with Gasteiger partial charge in [0, 0.05) is 23.4 Å². The van der Waals surface area contributed by atoms with E-state index in [0.717, 1.165) is 4.47 Å². The van der Waals surface area contributed by atoms with E-state index >= 15 is 0 Å². The number of nitro benzene ring substituents is 1. The molecule has 1 aromatic heterocycles. The molecule has 0 atom stereocenters. The molecular weight excluding hydrogens is 440 g/mol. The molecule has 2 aromatic carbocycles. The Hall–Kier alpha value is -2.91. The van der Waals surface area contributed by atoms with Crippen molar-refractivity contribution >= 4 is 44.8 Å². The van der Waals surface area contributed by atoms with Crippen molar-refractivity contribution < 1.29 is 14.5 Å². The number of carbonyl (C=O) groups excluding carboxylic acids is 1. The number of amides is 1. The van der Waals surface area contributed by atoms with E-state index in [1.807, 2.05) is 0 Å². The summed E-state index contributed by atoms with van der Waals surface area (Å²) >= 11 is 9.07. The number of nitro groups is 1. The Morgan fingerprint density at radius 3 is 2.63 bits per heavy atom. The summed E-state index contributed by atoms with van der Waals surface area (Å²) in [5, 5.41) is 18.3. The standard InChI is InChI=1S/C17H12BrClN4O4/c18-11-8-20-22(9-11)10-17(24)21-13-5-14(23(25)26)7-16(6-13)27-15-3-1-12(19)2-4-15/h1-9H,10H2,(H,21,24). The van der Waals surface area contributed by atoms with Crippen LogP contribution in [-0.4, -0.2) is 20.6 Å². The summed E-state index contributed by atoms with van der Waals surface area (Å²) in [4.78, 5) is 22.8. The molecule has 0 aliphatic carbocycles. The number of rotatable bonds is 6. The summed E-state index contributed by atoms with van der Waals surface area (Å²) in [6, 6.07) is 10.6. The Morgan fingerprint density at radius 1 is 1.26 bits per heavy atom. The van der Waals surface area contributed by atoms with Crippen molar-refractivity contribution in [1.82, 2.24) is 9.78 Å². The Kier molecular flexibility index (Phi) is 5.72. The summed E-state index contributed by atoms with van der Waals surface area (Å²) in [5.41, 5.74) is 0.0305. The van der Waals surface area contributed by atoms with Gasteiger partial charge in [0.2, 0.25) is 5.91 Å². The zero-order chi connectivity index (χ0) is 19.4. The van der Waals surface area contributed by atoms with Crippen LogP contribution in [0.15, 0.2) is 59.3 Å². The van der Waals surface area contributed by atoms with Crippen molar-refractivity contribution in [3.63, 3.8) is 0 Å². The second kappa shape index (κ2) is 8.19. The van der Waals surface area contributed by atoms with E-state index in [1.165, 1.54) is 22.9 Å². The van der Waals surface area contributed by atoms with Gasteiger partial charge in [-0.3, -0.25) is 19.6 Å².